The minimum absolute atomic E-state index is 0.0187. The molecular formula is C19H27FN4O2. The first-order chi connectivity index (χ1) is 12.6. The predicted molar refractivity (Wildman–Crippen MR) is 107 cm³/mol. The number of halogens is 1. The molecule has 142 valence electrons. The van der Waals surface area contributed by atoms with E-state index in [0.29, 0.717) is 13.1 Å². The molecular weight excluding hydrogens is 335 g/mol. The Balaban J connectivity index is 2.92. The molecule has 0 saturated heterocycles. The second-order valence-electron chi connectivity index (χ2n) is 5.48. The van der Waals surface area contributed by atoms with Gasteiger partial charge in [0.25, 0.3) is 0 Å². The van der Waals surface area contributed by atoms with Crippen molar-refractivity contribution in [3.63, 3.8) is 0 Å². The van der Waals surface area contributed by atoms with Crippen molar-refractivity contribution in [2.24, 2.45) is 10.1 Å². The van der Waals surface area contributed by atoms with Crippen LogP contribution in [0.3, 0.4) is 0 Å². The number of hydrogen-bond donors (Lipinski definition) is 1. The number of anilines is 2. The SMILES string of the molecule is C=CC(=C\C=NC)/C(C)=N/N(C)c1ccc(N(CCO)CCOF)cc1. The molecule has 0 unspecified atom stereocenters. The second-order valence-corrected chi connectivity index (χ2v) is 5.48. The van der Waals surface area contributed by atoms with E-state index in [-0.39, 0.29) is 13.2 Å². The van der Waals surface area contributed by atoms with Crippen molar-refractivity contribution >= 4 is 23.3 Å². The van der Waals surface area contributed by atoms with Gasteiger partial charge in [0.1, 0.15) is 6.61 Å². The molecule has 26 heavy (non-hydrogen) atoms. The van der Waals surface area contributed by atoms with Gasteiger partial charge in [0, 0.05) is 39.1 Å². The molecule has 1 N–H and O–H groups in total. The molecule has 0 atom stereocenters. The Morgan fingerprint density at radius 2 is 1.92 bits per heavy atom. The zero-order valence-electron chi connectivity index (χ0n) is 15.6. The molecule has 0 aliphatic heterocycles. The quantitative estimate of drug-likeness (QED) is 0.373. The molecule has 0 radical (unpaired) electrons. The Bertz CT molecular complexity index is 641. The zero-order chi connectivity index (χ0) is 19.4. The first-order valence-electron chi connectivity index (χ1n) is 8.31. The summed E-state index contributed by atoms with van der Waals surface area (Å²) in [4.78, 5) is 9.42. The molecule has 1 aromatic carbocycles. The minimum Gasteiger partial charge on any atom is -0.395 e. The van der Waals surface area contributed by atoms with Crippen LogP contribution in [0.1, 0.15) is 6.92 Å². The Labute approximate surface area is 154 Å². The highest BCUT2D eigenvalue weighted by molar-refractivity contribution is 6.03. The van der Waals surface area contributed by atoms with Crippen LogP contribution in [0, 0.1) is 0 Å². The van der Waals surface area contributed by atoms with Gasteiger partial charge >= 0.3 is 0 Å². The summed E-state index contributed by atoms with van der Waals surface area (Å²) in [6.45, 7) is 6.39. The number of aliphatic hydroxyl groups excluding tert-OH is 1. The van der Waals surface area contributed by atoms with Gasteiger partial charge in [-0.2, -0.15) is 10.0 Å². The maximum atomic E-state index is 11.9. The number of hydrazone groups is 1. The first-order valence-corrected chi connectivity index (χ1v) is 8.31. The fraction of sp³-hybridized carbons (Fsp3) is 0.368. The van der Waals surface area contributed by atoms with Crippen LogP contribution >= 0.6 is 0 Å². The van der Waals surface area contributed by atoms with Gasteiger partial charge in [-0.05, 0) is 47.4 Å². The summed E-state index contributed by atoms with van der Waals surface area (Å²) in [6, 6.07) is 7.63. The summed E-state index contributed by atoms with van der Waals surface area (Å²) < 4.78 is 11.9. The number of nitrogens with zero attached hydrogens (tertiary/aromatic N) is 4. The molecule has 6 nitrogen and oxygen atoms in total. The third kappa shape index (κ3) is 6.78. The van der Waals surface area contributed by atoms with Crippen LogP contribution in [-0.4, -0.2) is 57.4 Å². The molecule has 0 aliphatic rings. The molecule has 0 amide bonds. The lowest BCUT2D eigenvalue weighted by atomic mass is 10.1. The van der Waals surface area contributed by atoms with Crippen LogP contribution in [0.5, 0.6) is 0 Å². The van der Waals surface area contributed by atoms with Crippen molar-refractivity contribution in [1.82, 2.24) is 0 Å². The van der Waals surface area contributed by atoms with E-state index in [4.69, 9.17) is 5.11 Å². The summed E-state index contributed by atoms with van der Waals surface area (Å²) in [7, 11) is 3.56. The van der Waals surface area contributed by atoms with Gasteiger partial charge < -0.3 is 10.0 Å². The average Bonchev–Trinajstić information content (AvgIpc) is 2.65. The lowest BCUT2D eigenvalue weighted by Gasteiger charge is -2.24. The van der Waals surface area contributed by atoms with E-state index in [1.165, 1.54) is 0 Å². The number of hydrogen-bond acceptors (Lipinski definition) is 6. The van der Waals surface area contributed by atoms with E-state index in [1.54, 1.807) is 24.3 Å². The first kappa shape index (κ1) is 21.5. The summed E-state index contributed by atoms with van der Waals surface area (Å²) in [5.41, 5.74) is 3.47. The number of aliphatic imine (C=N–C) groups is 1. The molecule has 7 heteroatoms. The summed E-state index contributed by atoms with van der Waals surface area (Å²) in [5, 5.41) is 15.5. The van der Waals surface area contributed by atoms with E-state index < -0.39 is 0 Å². The van der Waals surface area contributed by atoms with Crippen molar-refractivity contribution in [3.8, 4) is 0 Å². The Morgan fingerprint density at radius 1 is 1.27 bits per heavy atom. The van der Waals surface area contributed by atoms with Crippen LogP contribution in [0.2, 0.25) is 0 Å². The minimum atomic E-state index is -0.0527. The van der Waals surface area contributed by atoms with E-state index in [0.717, 1.165) is 22.7 Å². The molecule has 1 aromatic rings. The highest BCUT2D eigenvalue weighted by atomic mass is 19.3. The molecule has 0 spiro atoms. The Kier molecular flexibility index (Phi) is 9.89. The number of rotatable bonds is 11. The van der Waals surface area contributed by atoms with Crippen LogP contribution in [0.4, 0.5) is 15.9 Å². The zero-order valence-corrected chi connectivity index (χ0v) is 15.6. The van der Waals surface area contributed by atoms with Crippen molar-refractivity contribution in [2.45, 2.75) is 6.92 Å². The van der Waals surface area contributed by atoms with E-state index in [9.17, 15) is 4.53 Å². The molecule has 0 heterocycles. The molecule has 0 fully saturated rings. The number of aliphatic hydroxyl groups is 1. The Hall–Kier alpha value is -2.51. The monoisotopic (exact) mass is 362 g/mol. The van der Waals surface area contributed by atoms with Gasteiger partial charge in [-0.1, -0.05) is 12.7 Å². The average molecular weight is 362 g/mol. The van der Waals surface area contributed by atoms with Gasteiger partial charge in [-0.15, -0.1) is 0 Å². The molecule has 1 rings (SSSR count). The largest absolute Gasteiger partial charge is 0.395 e. The van der Waals surface area contributed by atoms with Crippen LogP contribution in [-0.2, 0) is 4.94 Å². The number of allylic oxidation sites excluding steroid dienone is 3. The van der Waals surface area contributed by atoms with Crippen molar-refractivity contribution < 1.29 is 14.6 Å². The van der Waals surface area contributed by atoms with Gasteiger partial charge in [-0.25, -0.2) is 0 Å². The fourth-order valence-electron chi connectivity index (χ4n) is 2.35. The molecule has 0 aromatic heterocycles. The maximum Gasteiger partial charge on any atom is 0.105 e. The van der Waals surface area contributed by atoms with Gasteiger partial charge in [0.15, 0.2) is 0 Å². The van der Waals surface area contributed by atoms with Crippen LogP contribution in [0.15, 0.2) is 58.7 Å². The van der Waals surface area contributed by atoms with E-state index >= 15 is 0 Å². The standard InChI is InChI=1S/C19H27FN4O2/c1-5-17(10-11-21-3)16(2)22-23(4)18-6-8-19(9-7-18)24(12-14-25)13-15-26-20/h5-11,25H,1,12-15H2,2-4H3/b17-10+,21-11?,22-16+. The molecule has 0 aliphatic carbocycles. The fourth-order valence-corrected chi connectivity index (χ4v) is 2.35. The lowest BCUT2D eigenvalue weighted by molar-refractivity contribution is -0.128. The normalized spacial score (nSPS) is 12.5. The van der Waals surface area contributed by atoms with Crippen molar-refractivity contribution in [3.05, 3.63) is 48.6 Å². The molecule has 0 saturated carbocycles. The van der Waals surface area contributed by atoms with E-state index in [1.807, 2.05) is 49.2 Å². The van der Waals surface area contributed by atoms with Gasteiger partial charge in [0.2, 0.25) is 0 Å². The topological polar surface area (TPSA) is 60.7 Å². The van der Waals surface area contributed by atoms with Crippen LogP contribution in [0.25, 0.3) is 0 Å². The lowest BCUT2D eigenvalue weighted by Crippen LogP contribution is -2.29. The third-order valence-corrected chi connectivity index (χ3v) is 3.74. The number of benzene rings is 1. The predicted octanol–water partition coefficient (Wildman–Crippen LogP) is 3.01. The highest BCUT2D eigenvalue weighted by Crippen LogP contribution is 2.20. The highest BCUT2D eigenvalue weighted by Gasteiger charge is 2.08. The summed E-state index contributed by atoms with van der Waals surface area (Å²) >= 11 is 0. The van der Waals surface area contributed by atoms with Crippen LogP contribution < -0.4 is 9.91 Å². The van der Waals surface area contributed by atoms with Gasteiger partial charge in [-0.3, -0.25) is 10.0 Å². The molecule has 0 bridgehead atoms. The van der Waals surface area contributed by atoms with Crippen molar-refractivity contribution in [2.75, 3.05) is 50.3 Å². The van der Waals surface area contributed by atoms with Crippen molar-refractivity contribution in [1.29, 1.82) is 0 Å². The Morgan fingerprint density at radius 3 is 2.46 bits per heavy atom. The maximum absolute atomic E-state index is 11.9. The summed E-state index contributed by atoms with van der Waals surface area (Å²) in [5.74, 6) is 0. The summed E-state index contributed by atoms with van der Waals surface area (Å²) in [6.07, 6.45) is 5.28. The third-order valence-electron chi connectivity index (χ3n) is 3.74. The van der Waals surface area contributed by atoms with E-state index in [2.05, 4.69) is 21.6 Å². The smallest absolute Gasteiger partial charge is 0.105 e. The van der Waals surface area contributed by atoms with Gasteiger partial charge in [0.05, 0.1) is 18.0 Å². The second kappa shape index (κ2) is 11.9.